The van der Waals surface area contributed by atoms with Gasteiger partial charge in [-0.1, -0.05) is 24.3 Å². The average Bonchev–Trinajstić information content (AvgIpc) is 2.57. The number of carbonyl (C=O) groups is 1. The van der Waals surface area contributed by atoms with Crippen molar-refractivity contribution in [2.45, 2.75) is 13.1 Å². The second-order valence-corrected chi connectivity index (χ2v) is 5.16. The highest BCUT2D eigenvalue weighted by atomic mass is 19.4. The lowest BCUT2D eigenvalue weighted by Gasteiger charge is -2.09. The molecule has 0 fully saturated rings. The summed E-state index contributed by atoms with van der Waals surface area (Å²) in [5.74, 6) is -0.656. The van der Waals surface area contributed by atoms with Crippen molar-refractivity contribution in [2.24, 2.45) is 0 Å². The van der Waals surface area contributed by atoms with Crippen LogP contribution in [0.25, 0.3) is 0 Å². The van der Waals surface area contributed by atoms with Crippen LogP contribution in [0.1, 0.15) is 11.1 Å². The van der Waals surface area contributed by atoms with Gasteiger partial charge in [0.05, 0.1) is 5.56 Å². The van der Waals surface area contributed by atoms with Gasteiger partial charge < -0.3 is 10.6 Å². The van der Waals surface area contributed by atoms with Gasteiger partial charge in [0, 0.05) is 17.6 Å². The third-order valence-electron chi connectivity index (χ3n) is 3.33. The van der Waals surface area contributed by atoms with Gasteiger partial charge in [-0.25, -0.2) is 0 Å². The first-order valence-electron chi connectivity index (χ1n) is 7.22. The van der Waals surface area contributed by atoms with E-state index in [1.807, 2.05) is 0 Å². The molecule has 0 saturated carbocycles. The minimum atomic E-state index is -4.47. The summed E-state index contributed by atoms with van der Waals surface area (Å²) in [6.07, 6.45) is -3.40. The van der Waals surface area contributed by atoms with E-state index in [0.29, 0.717) is 5.69 Å². The molecule has 0 aliphatic rings. The number of alkyl halides is 3. The van der Waals surface area contributed by atoms with Crippen LogP contribution in [-0.2, 0) is 11.0 Å². The summed E-state index contributed by atoms with van der Waals surface area (Å²) >= 11 is 0. The summed E-state index contributed by atoms with van der Waals surface area (Å²) < 4.78 is 38.0. The monoisotopic (exact) mass is 345 g/mol. The van der Waals surface area contributed by atoms with E-state index in [0.717, 1.165) is 23.9 Å². The van der Waals surface area contributed by atoms with Crippen LogP contribution in [0.5, 0.6) is 0 Å². The molecule has 2 aromatic carbocycles. The summed E-state index contributed by atoms with van der Waals surface area (Å²) in [4.78, 5) is 12.1. The SMILES string of the molecule is Cc1ccccc1NC(=O)/C(C#N)=C\Nc1cccc(C(F)(F)F)c1. The Bertz CT molecular complexity index is 851. The van der Waals surface area contributed by atoms with Gasteiger partial charge in [-0.3, -0.25) is 4.79 Å². The molecule has 2 N–H and O–H groups in total. The van der Waals surface area contributed by atoms with Crippen molar-refractivity contribution in [2.75, 3.05) is 10.6 Å². The van der Waals surface area contributed by atoms with Crippen LogP contribution >= 0.6 is 0 Å². The Labute approximate surface area is 142 Å². The molecular weight excluding hydrogens is 331 g/mol. The number of nitriles is 1. The number of anilines is 2. The molecule has 0 heterocycles. The molecule has 128 valence electrons. The molecule has 2 aromatic rings. The predicted octanol–water partition coefficient (Wildman–Crippen LogP) is 4.47. The Hall–Kier alpha value is -3.27. The van der Waals surface area contributed by atoms with Crippen molar-refractivity contribution in [1.29, 1.82) is 5.26 Å². The van der Waals surface area contributed by atoms with Gasteiger partial charge in [-0.15, -0.1) is 0 Å². The van der Waals surface area contributed by atoms with Gasteiger partial charge >= 0.3 is 6.18 Å². The number of benzene rings is 2. The van der Waals surface area contributed by atoms with E-state index in [4.69, 9.17) is 5.26 Å². The molecule has 0 spiro atoms. The Balaban J connectivity index is 2.14. The zero-order valence-electron chi connectivity index (χ0n) is 13.2. The highest BCUT2D eigenvalue weighted by molar-refractivity contribution is 6.07. The van der Waals surface area contributed by atoms with Gasteiger partial charge in [0.1, 0.15) is 11.6 Å². The smallest absolute Gasteiger partial charge is 0.360 e. The van der Waals surface area contributed by atoms with E-state index in [-0.39, 0.29) is 11.3 Å². The molecule has 7 heteroatoms. The minimum Gasteiger partial charge on any atom is -0.360 e. The lowest BCUT2D eigenvalue weighted by molar-refractivity contribution is -0.137. The number of hydrogen-bond acceptors (Lipinski definition) is 3. The standard InChI is InChI=1S/C18H14F3N3O/c1-12-5-2-3-8-16(12)24-17(25)13(10-22)11-23-15-7-4-6-14(9-15)18(19,20)21/h2-9,11,23H,1H3,(H,24,25)/b13-11-. The maximum absolute atomic E-state index is 12.7. The van der Waals surface area contributed by atoms with Crippen molar-refractivity contribution in [3.05, 3.63) is 71.4 Å². The van der Waals surface area contributed by atoms with Gasteiger partial charge in [0.15, 0.2) is 0 Å². The highest BCUT2D eigenvalue weighted by Gasteiger charge is 2.30. The Morgan fingerprint density at radius 1 is 1.16 bits per heavy atom. The van der Waals surface area contributed by atoms with Crippen LogP contribution in [0, 0.1) is 18.3 Å². The van der Waals surface area contributed by atoms with Gasteiger partial charge in [0.2, 0.25) is 0 Å². The summed E-state index contributed by atoms with van der Waals surface area (Å²) in [7, 11) is 0. The van der Waals surface area contributed by atoms with Crippen LogP contribution in [0.15, 0.2) is 60.3 Å². The topological polar surface area (TPSA) is 64.9 Å². The number of rotatable bonds is 4. The van der Waals surface area contributed by atoms with Crippen molar-refractivity contribution in [1.82, 2.24) is 0 Å². The fourth-order valence-corrected chi connectivity index (χ4v) is 1.99. The molecule has 0 aliphatic carbocycles. The fraction of sp³-hybridized carbons (Fsp3) is 0.111. The van der Waals surface area contributed by atoms with Crippen LogP contribution in [0.2, 0.25) is 0 Å². The summed E-state index contributed by atoms with van der Waals surface area (Å²) in [6.45, 7) is 1.80. The fourth-order valence-electron chi connectivity index (χ4n) is 1.99. The molecular formula is C18H14F3N3O. The maximum atomic E-state index is 12.7. The molecule has 4 nitrogen and oxygen atoms in total. The number of carbonyl (C=O) groups excluding carboxylic acids is 1. The number of para-hydroxylation sites is 1. The molecule has 0 saturated heterocycles. The van der Waals surface area contributed by atoms with E-state index in [1.165, 1.54) is 12.1 Å². The first kappa shape index (κ1) is 18.1. The molecule has 1 amide bonds. The third-order valence-corrected chi connectivity index (χ3v) is 3.33. The normalized spacial score (nSPS) is 11.6. The summed E-state index contributed by atoms with van der Waals surface area (Å²) in [6, 6.07) is 13.2. The molecule has 0 aromatic heterocycles. The zero-order valence-corrected chi connectivity index (χ0v) is 13.2. The van der Waals surface area contributed by atoms with Crippen LogP contribution in [0.4, 0.5) is 24.5 Å². The summed E-state index contributed by atoms with van der Waals surface area (Å²) in [5, 5.41) is 14.2. The van der Waals surface area contributed by atoms with Crippen LogP contribution in [-0.4, -0.2) is 5.91 Å². The molecule has 0 radical (unpaired) electrons. The Morgan fingerprint density at radius 3 is 2.52 bits per heavy atom. The van der Waals surface area contributed by atoms with E-state index in [9.17, 15) is 18.0 Å². The van der Waals surface area contributed by atoms with Crippen LogP contribution in [0.3, 0.4) is 0 Å². The van der Waals surface area contributed by atoms with Gasteiger partial charge in [-0.05, 0) is 36.8 Å². The molecule has 25 heavy (non-hydrogen) atoms. The first-order chi connectivity index (χ1) is 11.8. The van der Waals surface area contributed by atoms with E-state index >= 15 is 0 Å². The first-order valence-corrected chi connectivity index (χ1v) is 7.22. The number of nitrogens with zero attached hydrogens (tertiary/aromatic N) is 1. The van der Waals surface area contributed by atoms with E-state index in [1.54, 1.807) is 37.3 Å². The van der Waals surface area contributed by atoms with Gasteiger partial charge in [-0.2, -0.15) is 18.4 Å². The molecule has 0 unspecified atom stereocenters. The van der Waals surface area contributed by atoms with Crippen molar-refractivity contribution < 1.29 is 18.0 Å². The van der Waals surface area contributed by atoms with E-state index in [2.05, 4.69) is 10.6 Å². The number of nitrogens with one attached hydrogen (secondary N) is 2. The van der Waals surface area contributed by atoms with Crippen molar-refractivity contribution in [3.63, 3.8) is 0 Å². The van der Waals surface area contributed by atoms with Crippen LogP contribution < -0.4 is 10.6 Å². The quantitative estimate of drug-likeness (QED) is 0.635. The number of aryl methyl sites for hydroxylation is 1. The molecule has 0 atom stereocenters. The Morgan fingerprint density at radius 2 is 1.88 bits per heavy atom. The van der Waals surface area contributed by atoms with Gasteiger partial charge in [0.25, 0.3) is 5.91 Å². The van der Waals surface area contributed by atoms with E-state index < -0.39 is 17.6 Å². The third kappa shape index (κ3) is 4.85. The Kier molecular flexibility index (Phi) is 5.45. The lowest BCUT2D eigenvalue weighted by Crippen LogP contribution is -2.15. The molecule has 0 bridgehead atoms. The second-order valence-electron chi connectivity index (χ2n) is 5.16. The molecule has 2 rings (SSSR count). The molecule has 0 aliphatic heterocycles. The highest BCUT2D eigenvalue weighted by Crippen LogP contribution is 2.30. The number of amides is 1. The summed E-state index contributed by atoms with van der Waals surface area (Å²) in [5.41, 5.74) is 0.396. The largest absolute Gasteiger partial charge is 0.416 e. The second kappa shape index (κ2) is 7.53. The predicted molar refractivity (Wildman–Crippen MR) is 88.6 cm³/mol. The number of hydrogen-bond donors (Lipinski definition) is 2. The minimum absolute atomic E-state index is 0.117. The lowest BCUT2D eigenvalue weighted by atomic mass is 10.2. The van der Waals surface area contributed by atoms with Crippen molar-refractivity contribution in [3.8, 4) is 6.07 Å². The average molecular weight is 345 g/mol. The number of halogens is 3. The zero-order chi connectivity index (χ0) is 18.4. The van der Waals surface area contributed by atoms with Crippen molar-refractivity contribution >= 4 is 17.3 Å². The maximum Gasteiger partial charge on any atom is 0.416 e.